The van der Waals surface area contributed by atoms with Gasteiger partial charge in [-0.2, -0.15) is 0 Å². The molecule has 0 radical (unpaired) electrons. The van der Waals surface area contributed by atoms with E-state index in [1.165, 1.54) is 0 Å². The summed E-state index contributed by atoms with van der Waals surface area (Å²) in [7, 11) is 0. The van der Waals surface area contributed by atoms with Gasteiger partial charge in [0.25, 0.3) is 0 Å². The number of carbonyl (C=O) groups excluding carboxylic acids is 1. The molecule has 0 bridgehead atoms. The zero-order valence-electron chi connectivity index (χ0n) is 11.7. The molecule has 1 heterocycles. The zero-order valence-corrected chi connectivity index (χ0v) is 12.5. The van der Waals surface area contributed by atoms with Gasteiger partial charge in [0, 0.05) is 17.6 Å². The molecule has 1 fully saturated rings. The number of benzene rings is 1. The molecule has 110 valence electrons. The summed E-state index contributed by atoms with van der Waals surface area (Å²) in [5.74, 6) is -0.0973. The first-order chi connectivity index (χ1) is 9.45. The molecule has 0 spiro atoms. The Balaban J connectivity index is 1.96. The van der Waals surface area contributed by atoms with E-state index in [1.807, 2.05) is 13.8 Å². The lowest BCUT2D eigenvalue weighted by Gasteiger charge is -2.36. The van der Waals surface area contributed by atoms with Crippen LogP contribution in [-0.2, 0) is 9.53 Å². The molecule has 2 rings (SSSR count). The summed E-state index contributed by atoms with van der Waals surface area (Å²) >= 11 is 5.90. The number of amides is 1. The van der Waals surface area contributed by atoms with E-state index in [0.717, 1.165) is 6.54 Å². The van der Waals surface area contributed by atoms with Crippen LogP contribution in [0.25, 0.3) is 0 Å². The number of hydrogen-bond acceptors (Lipinski definition) is 4. The van der Waals surface area contributed by atoms with Gasteiger partial charge in [-0.3, -0.25) is 9.69 Å². The van der Waals surface area contributed by atoms with Crippen molar-refractivity contribution in [2.75, 3.05) is 30.7 Å². The first-order valence-corrected chi connectivity index (χ1v) is 7.04. The van der Waals surface area contributed by atoms with E-state index in [2.05, 4.69) is 10.2 Å². The van der Waals surface area contributed by atoms with Crippen LogP contribution in [0.4, 0.5) is 11.4 Å². The average molecular weight is 298 g/mol. The number of nitrogen functional groups attached to an aromatic ring is 1. The Morgan fingerprint density at radius 2 is 2.30 bits per heavy atom. The van der Waals surface area contributed by atoms with E-state index in [0.29, 0.717) is 29.5 Å². The Morgan fingerprint density at radius 1 is 1.55 bits per heavy atom. The molecule has 3 N–H and O–H groups in total. The Bertz CT molecular complexity index is 495. The van der Waals surface area contributed by atoms with Crippen molar-refractivity contribution in [1.82, 2.24) is 4.90 Å². The smallest absolute Gasteiger partial charge is 0.238 e. The van der Waals surface area contributed by atoms with Crippen molar-refractivity contribution in [3.05, 3.63) is 23.2 Å². The van der Waals surface area contributed by atoms with E-state index < -0.39 is 0 Å². The summed E-state index contributed by atoms with van der Waals surface area (Å²) < 4.78 is 5.54. The number of nitrogens with two attached hydrogens (primary N) is 1. The minimum Gasteiger partial charge on any atom is -0.397 e. The molecular weight excluding hydrogens is 278 g/mol. The fourth-order valence-corrected chi connectivity index (χ4v) is 2.38. The van der Waals surface area contributed by atoms with Crippen molar-refractivity contribution < 1.29 is 9.53 Å². The molecule has 1 amide bonds. The second kappa shape index (κ2) is 6.43. The van der Waals surface area contributed by atoms with Crippen molar-refractivity contribution in [3.63, 3.8) is 0 Å². The minimum absolute atomic E-state index is 0.0973. The van der Waals surface area contributed by atoms with Gasteiger partial charge in [-0.25, -0.2) is 0 Å². The van der Waals surface area contributed by atoms with Crippen LogP contribution in [0.5, 0.6) is 0 Å². The molecule has 0 saturated carbocycles. The third-order valence-electron chi connectivity index (χ3n) is 3.37. The highest BCUT2D eigenvalue weighted by molar-refractivity contribution is 6.31. The summed E-state index contributed by atoms with van der Waals surface area (Å²) in [6.45, 7) is 5.77. The van der Waals surface area contributed by atoms with Crippen LogP contribution in [0.1, 0.15) is 13.8 Å². The standard InChI is InChI=1S/C14H20ClN3O2/c1-9-8-20-10(2)6-18(9)7-14(19)17-13-5-11(15)3-4-12(13)16/h3-5,9-10H,6-8,16H2,1-2H3,(H,17,19). The molecule has 2 unspecified atom stereocenters. The second-order valence-corrected chi connectivity index (χ2v) is 5.64. The number of halogens is 1. The summed E-state index contributed by atoms with van der Waals surface area (Å²) in [6, 6.07) is 5.25. The van der Waals surface area contributed by atoms with Gasteiger partial charge in [-0.15, -0.1) is 0 Å². The number of nitrogens with one attached hydrogen (secondary N) is 1. The van der Waals surface area contributed by atoms with Gasteiger partial charge in [-0.05, 0) is 32.0 Å². The summed E-state index contributed by atoms with van der Waals surface area (Å²) in [5.41, 5.74) is 6.87. The fourth-order valence-electron chi connectivity index (χ4n) is 2.20. The average Bonchev–Trinajstić information content (AvgIpc) is 2.38. The molecule has 1 aliphatic rings. The Hall–Kier alpha value is -1.30. The van der Waals surface area contributed by atoms with Crippen LogP contribution in [-0.4, -0.2) is 42.6 Å². The first kappa shape index (κ1) is 15.1. The molecule has 1 aromatic rings. The predicted octanol–water partition coefficient (Wildman–Crippen LogP) is 1.97. The zero-order chi connectivity index (χ0) is 14.7. The first-order valence-electron chi connectivity index (χ1n) is 6.66. The maximum Gasteiger partial charge on any atom is 0.238 e. The predicted molar refractivity (Wildman–Crippen MR) is 80.9 cm³/mol. The van der Waals surface area contributed by atoms with Crippen LogP contribution in [0, 0.1) is 0 Å². The van der Waals surface area contributed by atoms with E-state index in [9.17, 15) is 4.79 Å². The molecular formula is C14H20ClN3O2. The topological polar surface area (TPSA) is 67.6 Å². The lowest BCUT2D eigenvalue weighted by molar-refractivity contribution is -0.121. The van der Waals surface area contributed by atoms with E-state index in [-0.39, 0.29) is 18.1 Å². The third kappa shape index (κ3) is 3.85. The summed E-state index contributed by atoms with van der Waals surface area (Å²) in [6.07, 6.45) is 0.148. The number of hydrogen-bond donors (Lipinski definition) is 2. The van der Waals surface area contributed by atoms with Crippen LogP contribution >= 0.6 is 11.6 Å². The fraction of sp³-hybridized carbons (Fsp3) is 0.500. The Kier molecular flexibility index (Phi) is 4.86. The van der Waals surface area contributed by atoms with Gasteiger partial charge >= 0.3 is 0 Å². The number of nitrogens with zero attached hydrogens (tertiary/aromatic N) is 1. The molecule has 20 heavy (non-hydrogen) atoms. The van der Waals surface area contributed by atoms with Crippen molar-refractivity contribution in [3.8, 4) is 0 Å². The number of carbonyl (C=O) groups is 1. The summed E-state index contributed by atoms with van der Waals surface area (Å²) in [5, 5.41) is 3.35. The van der Waals surface area contributed by atoms with Gasteiger partial charge in [0.05, 0.1) is 30.6 Å². The van der Waals surface area contributed by atoms with Gasteiger partial charge in [0.15, 0.2) is 0 Å². The van der Waals surface area contributed by atoms with Gasteiger partial charge in [0.2, 0.25) is 5.91 Å². The highest BCUT2D eigenvalue weighted by Gasteiger charge is 2.25. The summed E-state index contributed by atoms with van der Waals surface area (Å²) in [4.78, 5) is 14.2. The van der Waals surface area contributed by atoms with Crippen LogP contribution in [0.15, 0.2) is 18.2 Å². The molecule has 1 aromatic carbocycles. The highest BCUT2D eigenvalue weighted by atomic mass is 35.5. The highest BCUT2D eigenvalue weighted by Crippen LogP contribution is 2.23. The Morgan fingerprint density at radius 3 is 3.05 bits per heavy atom. The number of anilines is 2. The maximum atomic E-state index is 12.1. The van der Waals surface area contributed by atoms with Gasteiger partial charge in [-0.1, -0.05) is 11.6 Å². The molecule has 0 aliphatic carbocycles. The van der Waals surface area contributed by atoms with Crippen LogP contribution in [0.3, 0.4) is 0 Å². The SMILES string of the molecule is CC1CN(CC(=O)Nc2cc(Cl)ccc2N)C(C)CO1. The van der Waals surface area contributed by atoms with Crippen molar-refractivity contribution >= 4 is 28.9 Å². The lowest BCUT2D eigenvalue weighted by atomic mass is 10.2. The van der Waals surface area contributed by atoms with E-state index >= 15 is 0 Å². The van der Waals surface area contributed by atoms with Crippen LogP contribution < -0.4 is 11.1 Å². The largest absolute Gasteiger partial charge is 0.397 e. The third-order valence-corrected chi connectivity index (χ3v) is 3.61. The molecule has 5 nitrogen and oxygen atoms in total. The van der Waals surface area contributed by atoms with E-state index in [1.54, 1.807) is 18.2 Å². The van der Waals surface area contributed by atoms with Gasteiger partial charge < -0.3 is 15.8 Å². The quantitative estimate of drug-likeness (QED) is 0.837. The normalized spacial score (nSPS) is 23.6. The minimum atomic E-state index is -0.0973. The van der Waals surface area contributed by atoms with Gasteiger partial charge in [0.1, 0.15) is 0 Å². The molecule has 2 atom stereocenters. The second-order valence-electron chi connectivity index (χ2n) is 5.20. The molecule has 1 aliphatic heterocycles. The van der Waals surface area contributed by atoms with Crippen molar-refractivity contribution in [2.45, 2.75) is 26.0 Å². The van der Waals surface area contributed by atoms with Crippen molar-refractivity contribution in [1.29, 1.82) is 0 Å². The monoisotopic (exact) mass is 297 g/mol. The Labute approximate surface area is 124 Å². The number of rotatable bonds is 3. The molecule has 6 heteroatoms. The maximum absolute atomic E-state index is 12.1. The number of morpholine rings is 1. The van der Waals surface area contributed by atoms with Crippen molar-refractivity contribution in [2.24, 2.45) is 0 Å². The van der Waals surface area contributed by atoms with E-state index in [4.69, 9.17) is 22.1 Å². The number of ether oxygens (including phenoxy) is 1. The lowest BCUT2D eigenvalue weighted by Crippen LogP contribution is -2.50. The molecule has 0 aromatic heterocycles. The van der Waals surface area contributed by atoms with Crippen LogP contribution in [0.2, 0.25) is 5.02 Å². The molecule has 1 saturated heterocycles.